The average molecular weight is 682 g/mol. The van der Waals surface area contributed by atoms with Crippen LogP contribution in [0, 0.1) is 0 Å². The van der Waals surface area contributed by atoms with Crippen molar-refractivity contribution in [3.05, 3.63) is 186 Å². The van der Waals surface area contributed by atoms with E-state index in [0.29, 0.717) is 11.5 Å². The van der Waals surface area contributed by atoms with Crippen molar-refractivity contribution in [2.45, 2.75) is 15.2 Å². The molecule has 0 unspecified atom stereocenters. The van der Waals surface area contributed by atoms with Gasteiger partial charge in [0.1, 0.15) is 16.8 Å². The molecule has 12 rings (SSSR count). The summed E-state index contributed by atoms with van der Waals surface area (Å²) in [5.74, 6) is 0.622. The highest BCUT2D eigenvalue weighted by Gasteiger charge is 2.50. The molecule has 0 saturated heterocycles. The van der Waals surface area contributed by atoms with Crippen LogP contribution in [0.5, 0.6) is 0 Å². The van der Waals surface area contributed by atoms with Gasteiger partial charge in [-0.3, -0.25) is 4.57 Å². The Morgan fingerprint density at radius 3 is 1.98 bits per heavy atom. The highest BCUT2D eigenvalue weighted by atomic mass is 32.2. The van der Waals surface area contributed by atoms with Crippen LogP contribution < -0.4 is 0 Å². The Labute approximate surface area is 303 Å². The molecule has 242 valence electrons. The summed E-state index contributed by atoms with van der Waals surface area (Å²) in [7, 11) is 0. The predicted molar refractivity (Wildman–Crippen MR) is 211 cm³/mol. The summed E-state index contributed by atoms with van der Waals surface area (Å²) in [5, 5.41) is 3.37. The molecule has 1 aliphatic heterocycles. The summed E-state index contributed by atoms with van der Waals surface area (Å²) in [4.78, 5) is 13.2. The molecule has 52 heavy (non-hydrogen) atoms. The molecule has 0 saturated carbocycles. The maximum absolute atomic E-state index is 6.47. The number of rotatable bonds is 2. The molecule has 10 aromatic rings. The van der Waals surface area contributed by atoms with Crippen LogP contribution in [0.3, 0.4) is 0 Å². The van der Waals surface area contributed by atoms with E-state index >= 15 is 0 Å². The maximum Gasteiger partial charge on any atom is 0.236 e. The van der Waals surface area contributed by atoms with Gasteiger partial charge in [0.15, 0.2) is 5.58 Å². The molecule has 5 heteroatoms. The SMILES string of the molecule is c1ccc(-c2nc(-n3c4ccccc4c4c5c(ccc43)C3(c4ccccc4S5)c4ccccc4-c4ccccc43)nc3c2oc2ccccc23)cc1. The van der Waals surface area contributed by atoms with Gasteiger partial charge in [-0.15, -0.1) is 0 Å². The Morgan fingerprint density at radius 2 is 1.17 bits per heavy atom. The third-order valence-corrected chi connectivity index (χ3v) is 12.3. The van der Waals surface area contributed by atoms with Crippen molar-refractivity contribution < 1.29 is 4.42 Å². The summed E-state index contributed by atoms with van der Waals surface area (Å²) < 4.78 is 8.72. The zero-order valence-corrected chi connectivity index (χ0v) is 28.6. The molecule has 0 bridgehead atoms. The van der Waals surface area contributed by atoms with Crippen LogP contribution in [0.1, 0.15) is 22.3 Å². The van der Waals surface area contributed by atoms with Gasteiger partial charge < -0.3 is 4.42 Å². The lowest BCUT2D eigenvalue weighted by Crippen LogP contribution is -2.32. The Bertz CT molecular complexity index is 3070. The third-order valence-electron chi connectivity index (χ3n) is 11.1. The van der Waals surface area contributed by atoms with Gasteiger partial charge in [-0.2, -0.15) is 0 Å². The Morgan fingerprint density at radius 1 is 0.519 bits per heavy atom. The number of nitrogens with zero attached hydrogens (tertiary/aromatic N) is 3. The maximum atomic E-state index is 6.47. The highest BCUT2D eigenvalue weighted by Crippen LogP contribution is 2.63. The van der Waals surface area contributed by atoms with Crippen molar-refractivity contribution in [3.63, 3.8) is 0 Å². The second-order valence-electron chi connectivity index (χ2n) is 13.6. The lowest BCUT2D eigenvalue weighted by Gasteiger charge is -2.40. The summed E-state index contributed by atoms with van der Waals surface area (Å²) >= 11 is 1.88. The van der Waals surface area contributed by atoms with E-state index in [1.165, 1.54) is 53.9 Å². The zero-order chi connectivity index (χ0) is 34.0. The first kappa shape index (κ1) is 28.3. The van der Waals surface area contributed by atoms with E-state index in [2.05, 4.69) is 132 Å². The number of hydrogen-bond donors (Lipinski definition) is 0. The molecule has 1 spiro atoms. The molecular weight excluding hydrogens is 655 g/mol. The predicted octanol–water partition coefficient (Wildman–Crippen LogP) is 12.0. The number of hydrogen-bond acceptors (Lipinski definition) is 4. The van der Waals surface area contributed by atoms with Crippen molar-refractivity contribution in [3.8, 4) is 28.3 Å². The molecular formula is C47H27N3OS. The second kappa shape index (κ2) is 10.3. The Balaban J connectivity index is 1.22. The fraction of sp³-hybridized carbons (Fsp3) is 0.0213. The molecule has 4 nitrogen and oxygen atoms in total. The minimum absolute atomic E-state index is 0.451. The monoisotopic (exact) mass is 681 g/mol. The number of fused-ring (bicyclic) bond motifs is 16. The van der Waals surface area contributed by atoms with Crippen LogP contribution in [0.25, 0.3) is 72.2 Å². The number of aromatic nitrogens is 3. The van der Waals surface area contributed by atoms with Gasteiger partial charge >= 0.3 is 0 Å². The second-order valence-corrected chi connectivity index (χ2v) is 14.7. The molecule has 0 N–H and O–H groups in total. The summed E-state index contributed by atoms with van der Waals surface area (Å²) in [5.41, 5.74) is 13.7. The quantitative estimate of drug-likeness (QED) is 0.182. The van der Waals surface area contributed by atoms with Crippen LogP contribution >= 0.6 is 11.8 Å². The molecule has 0 amide bonds. The van der Waals surface area contributed by atoms with Crippen LogP contribution in [-0.4, -0.2) is 14.5 Å². The summed E-state index contributed by atoms with van der Waals surface area (Å²) in [6, 6.07) is 58.8. The van der Waals surface area contributed by atoms with E-state index < -0.39 is 5.41 Å². The average Bonchev–Trinajstić information content (AvgIpc) is 3.85. The van der Waals surface area contributed by atoms with Crippen molar-refractivity contribution in [2.75, 3.05) is 0 Å². The summed E-state index contributed by atoms with van der Waals surface area (Å²) in [6.45, 7) is 0. The minimum Gasteiger partial charge on any atom is -0.452 e. The third kappa shape index (κ3) is 3.53. The first-order valence-electron chi connectivity index (χ1n) is 17.6. The molecule has 7 aromatic carbocycles. The van der Waals surface area contributed by atoms with Gasteiger partial charge in [-0.25, -0.2) is 9.97 Å². The number of para-hydroxylation sites is 2. The van der Waals surface area contributed by atoms with E-state index in [4.69, 9.17) is 14.4 Å². The van der Waals surface area contributed by atoms with Crippen molar-refractivity contribution in [1.29, 1.82) is 0 Å². The van der Waals surface area contributed by atoms with Crippen LogP contribution in [0.4, 0.5) is 0 Å². The lowest BCUT2D eigenvalue weighted by atomic mass is 9.67. The Hall–Kier alpha value is -6.43. The van der Waals surface area contributed by atoms with Gasteiger partial charge in [-0.1, -0.05) is 145 Å². The molecule has 0 radical (unpaired) electrons. The highest BCUT2D eigenvalue weighted by molar-refractivity contribution is 7.99. The molecule has 2 aliphatic rings. The van der Waals surface area contributed by atoms with E-state index in [1.807, 2.05) is 48.2 Å². The largest absolute Gasteiger partial charge is 0.452 e. The van der Waals surface area contributed by atoms with E-state index in [1.54, 1.807) is 0 Å². The van der Waals surface area contributed by atoms with E-state index in [0.717, 1.165) is 38.8 Å². The first-order valence-corrected chi connectivity index (χ1v) is 18.4. The minimum atomic E-state index is -0.451. The molecule has 0 atom stereocenters. The van der Waals surface area contributed by atoms with Crippen LogP contribution in [0.15, 0.2) is 178 Å². The van der Waals surface area contributed by atoms with Crippen LogP contribution in [0.2, 0.25) is 0 Å². The number of benzene rings is 7. The van der Waals surface area contributed by atoms with Crippen molar-refractivity contribution in [2.24, 2.45) is 0 Å². The van der Waals surface area contributed by atoms with Crippen molar-refractivity contribution in [1.82, 2.24) is 14.5 Å². The smallest absolute Gasteiger partial charge is 0.236 e. The number of furan rings is 1. The standard InChI is InChI=1S/C47H27N3OS/c1-2-14-28(15-3-1)42-44-43(32-19-7-12-24-39(32)51-44)49-46(48-42)50-37-23-11-6-18-31(37)41-38(50)27-26-36-45(41)52-40-25-13-10-22-35(40)47(36)33-20-8-4-16-29(33)30-17-5-9-21-34(30)47/h1-27H. The fourth-order valence-corrected chi connectivity index (χ4v) is 10.4. The topological polar surface area (TPSA) is 43.9 Å². The van der Waals surface area contributed by atoms with Gasteiger partial charge in [-0.05, 0) is 63.7 Å². The Kier molecular flexibility index (Phi) is 5.61. The van der Waals surface area contributed by atoms with Gasteiger partial charge in [0.2, 0.25) is 5.95 Å². The van der Waals surface area contributed by atoms with Crippen molar-refractivity contribution >= 4 is 55.6 Å². The normalized spacial score (nSPS) is 13.8. The summed E-state index contributed by atoms with van der Waals surface area (Å²) in [6.07, 6.45) is 0. The lowest BCUT2D eigenvalue weighted by molar-refractivity contribution is 0.666. The molecule has 4 heterocycles. The van der Waals surface area contributed by atoms with E-state index in [-0.39, 0.29) is 0 Å². The van der Waals surface area contributed by atoms with Gasteiger partial charge in [0, 0.05) is 31.5 Å². The van der Waals surface area contributed by atoms with E-state index in [9.17, 15) is 0 Å². The fourth-order valence-electron chi connectivity index (χ4n) is 9.05. The van der Waals surface area contributed by atoms with Gasteiger partial charge in [0.05, 0.1) is 16.4 Å². The first-order chi connectivity index (χ1) is 25.8. The molecule has 0 fully saturated rings. The molecule has 3 aromatic heterocycles. The van der Waals surface area contributed by atoms with Gasteiger partial charge in [0.25, 0.3) is 0 Å². The molecule has 1 aliphatic carbocycles. The zero-order valence-electron chi connectivity index (χ0n) is 27.7. The van der Waals surface area contributed by atoms with Crippen LogP contribution in [-0.2, 0) is 5.41 Å².